The molecule has 0 atom stereocenters. The third-order valence-corrected chi connectivity index (χ3v) is 8.16. The molecule has 46 heavy (non-hydrogen) atoms. The molecular weight excluding hydrogens is 592 g/mol. The lowest BCUT2D eigenvalue weighted by atomic mass is 9.83. The molecule has 2 fully saturated rings. The van der Waals surface area contributed by atoms with Crippen molar-refractivity contribution in [1.29, 1.82) is 0 Å². The summed E-state index contributed by atoms with van der Waals surface area (Å²) in [7, 11) is 0. The van der Waals surface area contributed by atoms with Crippen LogP contribution in [0.15, 0.2) is 48.6 Å². The lowest BCUT2D eigenvalue weighted by molar-refractivity contribution is -0.134. The molecular formula is C34H40N4O8. The molecule has 0 spiro atoms. The Bertz CT molecular complexity index is 1400. The van der Waals surface area contributed by atoms with Crippen molar-refractivity contribution in [3.05, 3.63) is 70.8 Å². The summed E-state index contributed by atoms with van der Waals surface area (Å²) in [6, 6.07) is 9.72. The fourth-order valence-corrected chi connectivity index (χ4v) is 5.78. The van der Waals surface area contributed by atoms with Crippen LogP contribution in [-0.2, 0) is 19.2 Å². The third kappa shape index (κ3) is 9.91. The van der Waals surface area contributed by atoms with Crippen LogP contribution in [0.25, 0.3) is 0 Å². The van der Waals surface area contributed by atoms with E-state index < -0.39 is 11.9 Å². The Morgan fingerprint density at radius 1 is 0.587 bits per heavy atom. The van der Waals surface area contributed by atoms with E-state index in [-0.39, 0.29) is 34.5 Å². The van der Waals surface area contributed by atoms with Crippen molar-refractivity contribution in [2.24, 2.45) is 0 Å². The highest BCUT2D eigenvalue weighted by atomic mass is 16.4. The maximum atomic E-state index is 13.4. The molecule has 0 radical (unpaired) electrons. The average Bonchev–Trinajstić information content (AvgIpc) is 3.05. The molecule has 3 aliphatic rings. The quantitative estimate of drug-likeness (QED) is 0.241. The first-order valence-electron chi connectivity index (χ1n) is 15.7. The number of hydrogen-bond acceptors (Lipinski definition) is 8. The van der Waals surface area contributed by atoms with Crippen LogP contribution in [0.3, 0.4) is 0 Å². The van der Waals surface area contributed by atoms with Crippen LogP contribution in [0.5, 0.6) is 0 Å². The molecule has 244 valence electrons. The van der Waals surface area contributed by atoms with Gasteiger partial charge < -0.3 is 30.6 Å². The number of carboxylic acid groups (broad SMARTS) is 2. The van der Waals surface area contributed by atoms with Crippen molar-refractivity contribution >= 4 is 46.7 Å². The van der Waals surface area contributed by atoms with Crippen LogP contribution >= 0.6 is 0 Å². The molecule has 2 saturated heterocycles. The van der Waals surface area contributed by atoms with Crippen LogP contribution in [0.1, 0.15) is 83.2 Å². The summed E-state index contributed by atoms with van der Waals surface area (Å²) in [6.45, 7) is 5.56. The van der Waals surface area contributed by atoms with Crippen molar-refractivity contribution < 1.29 is 39.0 Å². The van der Waals surface area contributed by atoms with Gasteiger partial charge in [0.1, 0.15) is 0 Å². The number of benzene rings is 2. The van der Waals surface area contributed by atoms with Crippen LogP contribution in [0.4, 0.5) is 11.4 Å². The minimum atomic E-state index is -1.26. The molecule has 12 nitrogen and oxygen atoms in total. The van der Waals surface area contributed by atoms with Crippen molar-refractivity contribution in [2.75, 3.05) is 49.9 Å². The topological polar surface area (TPSA) is 173 Å². The highest BCUT2D eigenvalue weighted by Crippen LogP contribution is 2.31. The number of amides is 2. The minimum Gasteiger partial charge on any atom is -0.478 e. The normalized spacial score (nSPS) is 16.5. The second-order valence-corrected chi connectivity index (χ2v) is 11.6. The second-order valence-electron chi connectivity index (χ2n) is 11.6. The molecule has 0 aromatic heterocycles. The standard InChI is InChI=1S/C30H36N4O4.C4H4O4/c35-27(11-17-33-13-3-1-4-14-33)31-21-7-9-23-25(19-21)30(38)26-20-22(8-10-24(26)29(23)37)32-28(36)12-18-34-15-5-2-6-16-34;5-3(6)1-2-4(7)8/h7-10,19-20H,1-6,11-18H2,(H,31,35)(H,32,36);1-2H,(H,5,6)(H,7,8)/b;2-1-. The van der Waals surface area contributed by atoms with E-state index in [0.29, 0.717) is 60.6 Å². The molecule has 4 N–H and O–H groups in total. The molecule has 1 aliphatic carbocycles. The van der Waals surface area contributed by atoms with Gasteiger partial charge in [-0.1, -0.05) is 12.8 Å². The van der Waals surface area contributed by atoms with E-state index in [4.69, 9.17) is 10.2 Å². The molecule has 2 aromatic carbocycles. The smallest absolute Gasteiger partial charge is 0.328 e. The van der Waals surface area contributed by atoms with Gasteiger partial charge in [-0.25, -0.2) is 9.59 Å². The Kier molecular flexibility index (Phi) is 12.3. The molecule has 2 amide bonds. The highest BCUT2D eigenvalue weighted by molar-refractivity contribution is 6.29. The van der Waals surface area contributed by atoms with Gasteiger partial charge in [-0.3, -0.25) is 19.2 Å². The van der Waals surface area contributed by atoms with E-state index in [9.17, 15) is 28.8 Å². The summed E-state index contributed by atoms with van der Waals surface area (Å²) in [6.07, 6.45) is 9.08. The van der Waals surface area contributed by atoms with Gasteiger partial charge in [0.05, 0.1) is 0 Å². The van der Waals surface area contributed by atoms with E-state index in [1.165, 1.54) is 38.5 Å². The van der Waals surface area contributed by atoms with E-state index in [2.05, 4.69) is 20.4 Å². The zero-order chi connectivity index (χ0) is 33.1. The molecule has 2 aliphatic heterocycles. The van der Waals surface area contributed by atoms with Crippen LogP contribution in [0.2, 0.25) is 0 Å². The number of carbonyl (C=O) groups is 6. The first-order chi connectivity index (χ1) is 22.1. The van der Waals surface area contributed by atoms with Crippen molar-refractivity contribution in [1.82, 2.24) is 9.80 Å². The van der Waals surface area contributed by atoms with E-state index in [0.717, 1.165) is 26.2 Å². The first kappa shape index (κ1) is 34.2. The molecule has 5 rings (SSSR count). The number of rotatable bonds is 10. The Hall–Kier alpha value is -4.68. The predicted octanol–water partition coefficient (Wildman–Crippen LogP) is 3.80. The van der Waals surface area contributed by atoms with Crippen molar-refractivity contribution in [3.63, 3.8) is 0 Å². The number of nitrogens with one attached hydrogen (secondary N) is 2. The van der Waals surface area contributed by atoms with Gasteiger partial charge in [0.15, 0.2) is 11.6 Å². The number of piperidine rings is 2. The molecule has 2 heterocycles. The molecule has 12 heteroatoms. The number of hydrogen-bond donors (Lipinski definition) is 4. The van der Waals surface area contributed by atoms with Gasteiger partial charge in [-0.05, 0) is 88.3 Å². The number of carboxylic acids is 2. The number of anilines is 2. The van der Waals surface area contributed by atoms with Gasteiger partial charge in [0.2, 0.25) is 11.8 Å². The Morgan fingerprint density at radius 3 is 1.33 bits per heavy atom. The van der Waals surface area contributed by atoms with Gasteiger partial charge in [0, 0.05) is 71.7 Å². The molecule has 0 bridgehead atoms. The largest absolute Gasteiger partial charge is 0.478 e. The van der Waals surface area contributed by atoms with E-state index >= 15 is 0 Å². The molecule has 0 unspecified atom stereocenters. The Labute approximate surface area is 267 Å². The highest BCUT2D eigenvalue weighted by Gasteiger charge is 2.30. The number of likely N-dealkylation sites (tertiary alicyclic amines) is 2. The average molecular weight is 633 g/mol. The van der Waals surface area contributed by atoms with Crippen molar-refractivity contribution in [2.45, 2.75) is 51.4 Å². The maximum absolute atomic E-state index is 13.4. The van der Waals surface area contributed by atoms with E-state index in [1.54, 1.807) is 36.4 Å². The second kappa shape index (κ2) is 16.6. The van der Waals surface area contributed by atoms with Gasteiger partial charge in [-0.2, -0.15) is 0 Å². The minimum absolute atomic E-state index is 0.111. The lowest BCUT2D eigenvalue weighted by Gasteiger charge is -2.26. The lowest BCUT2D eigenvalue weighted by Crippen LogP contribution is -2.32. The van der Waals surface area contributed by atoms with Gasteiger partial charge in [-0.15, -0.1) is 0 Å². The Balaban J connectivity index is 0.000000533. The maximum Gasteiger partial charge on any atom is 0.328 e. The number of carbonyl (C=O) groups excluding carboxylic acids is 4. The number of fused-ring (bicyclic) bond motifs is 2. The summed E-state index contributed by atoms with van der Waals surface area (Å²) in [4.78, 5) is 75.3. The summed E-state index contributed by atoms with van der Waals surface area (Å²) in [5.74, 6) is -3.26. The van der Waals surface area contributed by atoms with Gasteiger partial charge in [0.25, 0.3) is 0 Å². The number of aliphatic carboxylic acids is 2. The Morgan fingerprint density at radius 2 is 0.957 bits per heavy atom. The summed E-state index contributed by atoms with van der Waals surface area (Å²) in [5.41, 5.74) is 2.19. The first-order valence-corrected chi connectivity index (χ1v) is 15.7. The summed E-state index contributed by atoms with van der Waals surface area (Å²) < 4.78 is 0. The van der Waals surface area contributed by atoms with Crippen LogP contribution in [0, 0.1) is 0 Å². The van der Waals surface area contributed by atoms with Crippen molar-refractivity contribution in [3.8, 4) is 0 Å². The number of nitrogens with zero attached hydrogens (tertiary/aromatic N) is 2. The van der Waals surface area contributed by atoms with E-state index in [1.807, 2.05) is 0 Å². The summed E-state index contributed by atoms with van der Waals surface area (Å²) in [5, 5.41) is 21.4. The van der Waals surface area contributed by atoms with Crippen LogP contribution < -0.4 is 10.6 Å². The van der Waals surface area contributed by atoms with Crippen LogP contribution in [-0.4, -0.2) is 94.6 Å². The van der Waals surface area contributed by atoms with Gasteiger partial charge >= 0.3 is 11.9 Å². The molecule has 0 saturated carbocycles. The fraction of sp³-hybridized carbons (Fsp3) is 0.412. The monoisotopic (exact) mass is 632 g/mol. The SMILES string of the molecule is O=C(CCN1CCCCC1)Nc1ccc2c(c1)C(=O)c1cc(NC(=O)CCN3CCCCC3)ccc1C2=O.O=C(O)/C=C\C(=O)O. The third-order valence-electron chi connectivity index (χ3n) is 8.16. The fourth-order valence-electron chi connectivity index (χ4n) is 5.78. The number of ketones is 2. The summed E-state index contributed by atoms with van der Waals surface area (Å²) >= 11 is 0. The molecule has 2 aromatic rings. The predicted molar refractivity (Wildman–Crippen MR) is 171 cm³/mol. The zero-order valence-corrected chi connectivity index (χ0v) is 25.8. The zero-order valence-electron chi connectivity index (χ0n) is 25.8.